The lowest BCUT2D eigenvalue weighted by molar-refractivity contribution is 0.351. The number of halogens is 2. The first-order valence-electron chi connectivity index (χ1n) is 7.21. The van der Waals surface area contributed by atoms with Gasteiger partial charge in [-0.15, -0.1) is 11.6 Å². The van der Waals surface area contributed by atoms with Crippen LogP contribution < -0.4 is 4.90 Å². The van der Waals surface area contributed by atoms with Crippen LogP contribution in [0.2, 0.25) is 0 Å². The SMILES string of the molecule is CC(C)C1CCCN(c2ccc(CCl)c(Br)c2)CC1. The Bertz CT molecular complexity index is 419. The average Bonchev–Trinajstić information content (AvgIpc) is 2.64. The first kappa shape index (κ1) is 15.2. The Morgan fingerprint density at radius 2 is 2.11 bits per heavy atom. The average molecular weight is 345 g/mol. The van der Waals surface area contributed by atoms with Crippen LogP contribution in [-0.4, -0.2) is 13.1 Å². The lowest BCUT2D eigenvalue weighted by atomic mass is 9.89. The van der Waals surface area contributed by atoms with Crippen LogP contribution in [0.3, 0.4) is 0 Å². The highest BCUT2D eigenvalue weighted by Crippen LogP contribution is 2.30. The van der Waals surface area contributed by atoms with Gasteiger partial charge in [-0.05, 0) is 48.8 Å². The lowest BCUT2D eigenvalue weighted by Gasteiger charge is -2.24. The molecule has 0 radical (unpaired) electrons. The van der Waals surface area contributed by atoms with Gasteiger partial charge in [-0.25, -0.2) is 0 Å². The topological polar surface area (TPSA) is 3.24 Å². The highest BCUT2D eigenvalue weighted by Gasteiger charge is 2.19. The third-order valence-electron chi connectivity index (χ3n) is 4.26. The van der Waals surface area contributed by atoms with Crippen molar-refractivity contribution in [2.24, 2.45) is 11.8 Å². The molecule has 1 aromatic carbocycles. The second-order valence-corrected chi connectivity index (χ2v) is 6.95. The van der Waals surface area contributed by atoms with Crippen molar-refractivity contribution in [2.75, 3.05) is 18.0 Å². The summed E-state index contributed by atoms with van der Waals surface area (Å²) in [4.78, 5) is 2.52. The summed E-state index contributed by atoms with van der Waals surface area (Å²) in [6.45, 7) is 7.06. The maximum atomic E-state index is 5.91. The van der Waals surface area contributed by atoms with E-state index in [0.29, 0.717) is 5.88 Å². The van der Waals surface area contributed by atoms with Crippen LogP contribution in [-0.2, 0) is 5.88 Å². The Hall–Kier alpha value is -0.210. The van der Waals surface area contributed by atoms with E-state index in [9.17, 15) is 0 Å². The van der Waals surface area contributed by atoms with Crippen molar-refractivity contribution in [1.82, 2.24) is 0 Å². The first-order valence-corrected chi connectivity index (χ1v) is 8.54. The molecule has 19 heavy (non-hydrogen) atoms. The zero-order valence-electron chi connectivity index (χ0n) is 11.8. The molecule has 1 fully saturated rings. The van der Waals surface area contributed by atoms with Gasteiger partial charge in [0.2, 0.25) is 0 Å². The van der Waals surface area contributed by atoms with Gasteiger partial charge in [0.1, 0.15) is 0 Å². The Balaban J connectivity index is 2.08. The van der Waals surface area contributed by atoms with Crippen LogP contribution in [0.5, 0.6) is 0 Å². The fraction of sp³-hybridized carbons (Fsp3) is 0.625. The summed E-state index contributed by atoms with van der Waals surface area (Å²) in [5.41, 5.74) is 2.49. The Morgan fingerprint density at radius 3 is 2.74 bits per heavy atom. The number of nitrogens with zero attached hydrogens (tertiary/aromatic N) is 1. The van der Waals surface area contributed by atoms with Crippen molar-refractivity contribution in [1.29, 1.82) is 0 Å². The summed E-state index contributed by atoms with van der Waals surface area (Å²) in [5, 5.41) is 0. The smallest absolute Gasteiger partial charge is 0.0485 e. The van der Waals surface area contributed by atoms with Gasteiger partial charge in [-0.1, -0.05) is 35.8 Å². The van der Waals surface area contributed by atoms with E-state index < -0.39 is 0 Å². The van der Waals surface area contributed by atoms with Crippen molar-refractivity contribution < 1.29 is 0 Å². The minimum Gasteiger partial charge on any atom is -0.371 e. The molecule has 0 bridgehead atoms. The lowest BCUT2D eigenvalue weighted by Crippen LogP contribution is -2.24. The standard InChI is InChI=1S/C16H23BrClN/c1-12(2)13-4-3-8-19(9-7-13)15-6-5-14(11-18)16(17)10-15/h5-6,10,12-13H,3-4,7-9,11H2,1-2H3. The van der Waals surface area contributed by atoms with Gasteiger partial charge in [-0.2, -0.15) is 0 Å². The molecule has 0 spiro atoms. The van der Waals surface area contributed by atoms with Crippen LogP contribution >= 0.6 is 27.5 Å². The molecular formula is C16H23BrClN. The third-order valence-corrected chi connectivity index (χ3v) is 5.29. The van der Waals surface area contributed by atoms with Crippen molar-refractivity contribution >= 4 is 33.2 Å². The molecule has 1 aliphatic rings. The molecule has 3 heteroatoms. The Morgan fingerprint density at radius 1 is 1.32 bits per heavy atom. The molecule has 1 unspecified atom stereocenters. The molecular weight excluding hydrogens is 322 g/mol. The number of alkyl halides is 1. The minimum atomic E-state index is 0.566. The van der Waals surface area contributed by atoms with Gasteiger partial charge in [0, 0.05) is 29.1 Å². The normalized spacial score (nSPS) is 20.7. The molecule has 2 rings (SSSR count). The van der Waals surface area contributed by atoms with E-state index in [2.05, 4.69) is 52.9 Å². The maximum Gasteiger partial charge on any atom is 0.0485 e. The Labute approximate surface area is 130 Å². The van der Waals surface area contributed by atoms with Crippen molar-refractivity contribution in [2.45, 2.75) is 39.0 Å². The summed E-state index contributed by atoms with van der Waals surface area (Å²) < 4.78 is 1.13. The third kappa shape index (κ3) is 3.88. The second-order valence-electron chi connectivity index (χ2n) is 5.83. The fourth-order valence-corrected chi connectivity index (χ4v) is 3.79. The predicted molar refractivity (Wildman–Crippen MR) is 88.1 cm³/mol. The summed E-state index contributed by atoms with van der Waals surface area (Å²) >= 11 is 9.52. The number of hydrogen-bond acceptors (Lipinski definition) is 1. The highest BCUT2D eigenvalue weighted by molar-refractivity contribution is 9.10. The van der Waals surface area contributed by atoms with Crippen LogP contribution in [0.4, 0.5) is 5.69 Å². The molecule has 0 N–H and O–H groups in total. The maximum absolute atomic E-state index is 5.91. The van der Waals surface area contributed by atoms with E-state index in [1.54, 1.807) is 0 Å². The molecule has 1 heterocycles. The zero-order valence-corrected chi connectivity index (χ0v) is 14.2. The van der Waals surface area contributed by atoms with E-state index >= 15 is 0 Å². The largest absolute Gasteiger partial charge is 0.371 e. The van der Waals surface area contributed by atoms with Gasteiger partial charge in [0.25, 0.3) is 0 Å². The number of hydrogen-bond donors (Lipinski definition) is 0. The molecule has 0 aromatic heterocycles. The van der Waals surface area contributed by atoms with E-state index in [1.165, 1.54) is 43.6 Å². The highest BCUT2D eigenvalue weighted by atomic mass is 79.9. The fourth-order valence-electron chi connectivity index (χ4n) is 2.89. The molecule has 1 nitrogen and oxygen atoms in total. The number of benzene rings is 1. The quantitative estimate of drug-likeness (QED) is 0.659. The van der Waals surface area contributed by atoms with E-state index in [4.69, 9.17) is 11.6 Å². The van der Waals surface area contributed by atoms with Gasteiger partial charge < -0.3 is 4.90 Å². The molecule has 0 saturated carbocycles. The number of rotatable bonds is 3. The predicted octanol–water partition coefficient (Wildman–Crippen LogP) is 5.45. The molecule has 1 saturated heterocycles. The monoisotopic (exact) mass is 343 g/mol. The van der Waals surface area contributed by atoms with Gasteiger partial charge in [-0.3, -0.25) is 0 Å². The van der Waals surface area contributed by atoms with Gasteiger partial charge in [0.05, 0.1) is 0 Å². The van der Waals surface area contributed by atoms with Crippen LogP contribution in [0.15, 0.2) is 22.7 Å². The molecule has 0 aliphatic carbocycles. The first-order chi connectivity index (χ1) is 9.11. The van der Waals surface area contributed by atoms with E-state index in [-0.39, 0.29) is 0 Å². The minimum absolute atomic E-state index is 0.566. The van der Waals surface area contributed by atoms with Crippen LogP contribution in [0, 0.1) is 11.8 Å². The van der Waals surface area contributed by atoms with Crippen molar-refractivity contribution in [3.8, 4) is 0 Å². The molecule has 1 aromatic rings. The summed E-state index contributed by atoms with van der Waals surface area (Å²) in [6, 6.07) is 6.56. The van der Waals surface area contributed by atoms with E-state index in [1.807, 2.05) is 0 Å². The summed E-state index contributed by atoms with van der Waals surface area (Å²) in [5.74, 6) is 2.26. The van der Waals surface area contributed by atoms with Crippen LogP contribution in [0.1, 0.15) is 38.7 Å². The Kier molecular flexibility index (Phi) is 5.58. The second kappa shape index (κ2) is 6.99. The van der Waals surface area contributed by atoms with Crippen molar-refractivity contribution in [3.63, 3.8) is 0 Å². The molecule has 106 valence electrons. The van der Waals surface area contributed by atoms with Crippen LogP contribution in [0.25, 0.3) is 0 Å². The molecule has 1 atom stereocenters. The number of anilines is 1. The van der Waals surface area contributed by atoms with Crippen molar-refractivity contribution in [3.05, 3.63) is 28.2 Å². The van der Waals surface area contributed by atoms with E-state index in [0.717, 1.165) is 16.3 Å². The van der Waals surface area contributed by atoms with Gasteiger partial charge >= 0.3 is 0 Å². The van der Waals surface area contributed by atoms with Gasteiger partial charge in [0.15, 0.2) is 0 Å². The summed E-state index contributed by atoms with van der Waals surface area (Å²) in [7, 11) is 0. The molecule has 1 aliphatic heterocycles. The summed E-state index contributed by atoms with van der Waals surface area (Å²) in [6.07, 6.45) is 3.99. The zero-order chi connectivity index (χ0) is 13.8. The molecule has 0 amide bonds.